The summed E-state index contributed by atoms with van der Waals surface area (Å²) >= 11 is 2.92. The Balaban J connectivity index is 1.72. The van der Waals surface area contributed by atoms with Crippen molar-refractivity contribution in [1.82, 2.24) is 10.2 Å². The second kappa shape index (κ2) is 10.4. The lowest BCUT2D eigenvalue weighted by atomic mass is 9.96. The molecule has 0 bridgehead atoms. The van der Waals surface area contributed by atoms with Crippen LogP contribution < -0.4 is 10.1 Å². The minimum atomic E-state index is -0.298. The molecule has 6 nitrogen and oxygen atoms in total. The molecule has 0 aliphatic heterocycles. The van der Waals surface area contributed by atoms with E-state index in [0.717, 1.165) is 43.3 Å². The number of halogens is 1. The molecule has 4 rings (SSSR count). The molecule has 0 saturated heterocycles. The molecule has 0 aliphatic carbocycles. The number of nitrogens with one attached hydrogen (secondary N) is 1. The number of rotatable bonds is 8. The largest absolute Gasteiger partial charge is 0.493 e. The van der Waals surface area contributed by atoms with Crippen molar-refractivity contribution in [3.8, 4) is 16.9 Å². The van der Waals surface area contributed by atoms with Crippen molar-refractivity contribution in [3.05, 3.63) is 59.6 Å². The number of fused-ring (bicyclic) bond motifs is 1. The maximum Gasteiger partial charge on any atom is 0.250 e. The van der Waals surface area contributed by atoms with Crippen LogP contribution in [0.25, 0.3) is 27.7 Å². The fourth-order valence-corrected chi connectivity index (χ4v) is 5.30. The monoisotopic (exact) mass is 497 g/mol. The van der Waals surface area contributed by atoms with Crippen LogP contribution in [0.3, 0.4) is 0 Å². The van der Waals surface area contributed by atoms with Crippen LogP contribution in [-0.2, 0) is 4.79 Å². The third kappa shape index (κ3) is 5.00. The smallest absolute Gasteiger partial charge is 0.250 e. The summed E-state index contributed by atoms with van der Waals surface area (Å²) in [5, 5.41) is 12.2. The molecular weight excluding hydrogens is 473 g/mol. The van der Waals surface area contributed by atoms with Crippen molar-refractivity contribution in [3.63, 3.8) is 0 Å². The van der Waals surface area contributed by atoms with Crippen molar-refractivity contribution in [2.75, 3.05) is 17.7 Å². The Hall–Kier alpha value is -3.17. The van der Waals surface area contributed by atoms with Gasteiger partial charge in [-0.05, 0) is 55.9 Å². The van der Waals surface area contributed by atoms with Crippen molar-refractivity contribution >= 4 is 50.7 Å². The lowest BCUT2D eigenvalue weighted by molar-refractivity contribution is -0.111. The molecular formula is C25H24FN3O3S2. The van der Waals surface area contributed by atoms with Gasteiger partial charge in [0.05, 0.1) is 12.9 Å². The summed E-state index contributed by atoms with van der Waals surface area (Å²) in [6.07, 6.45) is 3.19. The number of hydrogen-bond donors (Lipinski definition) is 1. The highest BCUT2D eigenvalue weighted by Crippen LogP contribution is 2.40. The van der Waals surface area contributed by atoms with Crippen molar-refractivity contribution in [2.45, 2.75) is 32.0 Å². The highest BCUT2D eigenvalue weighted by atomic mass is 32.2. The molecule has 0 spiro atoms. The number of allylic oxidation sites excluding steroid dienone is 1. The maximum atomic E-state index is 13.4. The molecule has 0 aliphatic rings. The molecule has 0 saturated carbocycles. The Kier molecular flexibility index (Phi) is 7.33. The standard InChI is InChI=1S/C25H24FN3O3S2/c1-5-31-22-15(4)23-19(20(13-32-23)16-7-9-17(26)10-8-16)12-18(22)14(3)11-21(30)27-24-28-29-25(34-24)33-6-2/h7-13H,5-6H2,1-4H3,(H,27,28,30)/b14-11+. The highest BCUT2D eigenvalue weighted by molar-refractivity contribution is 8.01. The van der Waals surface area contributed by atoms with Crippen LogP contribution in [0.2, 0.25) is 0 Å². The summed E-state index contributed by atoms with van der Waals surface area (Å²) in [5.74, 6) is 0.951. The second-order valence-corrected chi connectivity index (χ2v) is 9.96. The average molecular weight is 498 g/mol. The topological polar surface area (TPSA) is 77.2 Å². The van der Waals surface area contributed by atoms with Crippen LogP contribution in [0.15, 0.2) is 51.4 Å². The molecule has 0 atom stereocenters. The quantitative estimate of drug-likeness (QED) is 0.161. The Bertz CT molecular complexity index is 1360. The molecule has 2 aromatic carbocycles. The number of nitrogens with zero attached hydrogens (tertiary/aromatic N) is 2. The summed E-state index contributed by atoms with van der Waals surface area (Å²) < 4.78 is 26.1. The number of amides is 1. The van der Waals surface area contributed by atoms with Gasteiger partial charge < -0.3 is 9.15 Å². The molecule has 2 aromatic heterocycles. The zero-order valence-corrected chi connectivity index (χ0v) is 20.9. The number of carbonyl (C=O) groups is 1. The van der Waals surface area contributed by atoms with Gasteiger partial charge in [0.25, 0.3) is 0 Å². The van der Waals surface area contributed by atoms with Crippen LogP contribution in [0, 0.1) is 12.7 Å². The number of furan rings is 1. The van der Waals surface area contributed by atoms with Gasteiger partial charge in [0.2, 0.25) is 11.0 Å². The normalized spacial score (nSPS) is 11.7. The zero-order chi connectivity index (χ0) is 24.2. The Morgan fingerprint density at radius 1 is 1.26 bits per heavy atom. The Morgan fingerprint density at radius 2 is 2.03 bits per heavy atom. The van der Waals surface area contributed by atoms with Crippen molar-refractivity contribution in [2.24, 2.45) is 0 Å². The van der Waals surface area contributed by atoms with E-state index in [1.54, 1.807) is 30.2 Å². The second-order valence-electron chi connectivity index (χ2n) is 7.47. The summed E-state index contributed by atoms with van der Waals surface area (Å²) in [6, 6.07) is 8.23. The Morgan fingerprint density at radius 3 is 2.74 bits per heavy atom. The van der Waals surface area contributed by atoms with E-state index >= 15 is 0 Å². The van der Waals surface area contributed by atoms with Crippen molar-refractivity contribution < 1.29 is 18.3 Å². The van der Waals surface area contributed by atoms with E-state index in [0.29, 0.717) is 23.1 Å². The van der Waals surface area contributed by atoms with E-state index in [2.05, 4.69) is 15.5 Å². The van der Waals surface area contributed by atoms with Crippen LogP contribution in [-0.4, -0.2) is 28.5 Å². The van der Waals surface area contributed by atoms with Gasteiger partial charge in [0.15, 0.2) is 4.34 Å². The SMILES string of the molecule is CCOc1c(/C(C)=C/C(=O)Nc2nnc(SCC)s2)cc2c(-c3ccc(F)cc3)coc2c1C. The van der Waals surface area contributed by atoms with Gasteiger partial charge in [-0.15, -0.1) is 10.2 Å². The first-order valence-corrected chi connectivity index (χ1v) is 12.6. The predicted molar refractivity (Wildman–Crippen MR) is 136 cm³/mol. The third-order valence-corrected chi connectivity index (χ3v) is 7.02. The highest BCUT2D eigenvalue weighted by Gasteiger charge is 2.19. The molecule has 1 amide bonds. The molecule has 34 heavy (non-hydrogen) atoms. The van der Waals surface area contributed by atoms with E-state index in [4.69, 9.17) is 9.15 Å². The van der Waals surface area contributed by atoms with Gasteiger partial charge in [-0.1, -0.05) is 42.2 Å². The van der Waals surface area contributed by atoms with Crippen molar-refractivity contribution in [1.29, 1.82) is 0 Å². The number of thioether (sulfide) groups is 1. The summed E-state index contributed by atoms with van der Waals surface area (Å²) in [5.41, 5.74) is 4.72. The number of carbonyl (C=O) groups excluding carboxylic acids is 1. The minimum Gasteiger partial charge on any atom is -0.493 e. The lowest BCUT2D eigenvalue weighted by Crippen LogP contribution is -2.08. The van der Waals surface area contributed by atoms with Crippen LogP contribution in [0.5, 0.6) is 5.75 Å². The molecule has 2 heterocycles. The molecule has 0 radical (unpaired) electrons. The average Bonchev–Trinajstić information content (AvgIpc) is 3.43. The van der Waals surface area contributed by atoms with E-state index in [-0.39, 0.29) is 11.7 Å². The zero-order valence-electron chi connectivity index (χ0n) is 19.3. The van der Waals surface area contributed by atoms with Gasteiger partial charge in [0.1, 0.15) is 17.1 Å². The number of aromatic nitrogens is 2. The van der Waals surface area contributed by atoms with Gasteiger partial charge in [-0.3, -0.25) is 10.1 Å². The molecule has 4 aromatic rings. The van der Waals surface area contributed by atoms with Crippen LogP contribution >= 0.6 is 23.1 Å². The van der Waals surface area contributed by atoms with Crippen LogP contribution in [0.1, 0.15) is 31.9 Å². The van der Waals surface area contributed by atoms with E-state index in [1.165, 1.54) is 29.5 Å². The molecule has 176 valence electrons. The maximum absolute atomic E-state index is 13.4. The van der Waals surface area contributed by atoms with E-state index < -0.39 is 0 Å². The minimum absolute atomic E-state index is 0.298. The number of ether oxygens (including phenoxy) is 1. The first kappa shape index (κ1) is 24.0. The summed E-state index contributed by atoms with van der Waals surface area (Å²) in [7, 11) is 0. The number of benzene rings is 2. The Labute approximate surface area is 205 Å². The van der Waals surface area contributed by atoms with Gasteiger partial charge in [-0.2, -0.15) is 0 Å². The van der Waals surface area contributed by atoms with E-state index in [1.807, 2.05) is 33.8 Å². The predicted octanol–water partition coefficient (Wildman–Crippen LogP) is 6.95. The van der Waals surface area contributed by atoms with Gasteiger partial charge in [-0.25, -0.2) is 4.39 Å². The third-order valence-electron chi connectivity index (χ3n) is 5.16. The first-order chi connectivity index (χ1) is 16.4. The number of anilines is 1. The first-order valence-electron chi connectivity index (χ1n) is 10.8. The summed E-state index contributed by atoms with van der Waals surface area (Å²) in [6.45, 7) is 8.20. The molecule has 0 unspecified atom stereocenters. The van der Waals surface area contributed by atoms with E-state index in [9.17, 15) is 9.18 Å². The van der Waals surface area contributed by atoms with Gasteiger partial charge >= 0.3 is 0 Å². The van der Waals surface area contributed by atoms with Gasteiger partial charge in [0, 0.05) is 28.2 Å². The summed E-state index contributed by atoms with van der Waals surface area (Å²) in [4.78, 5) is 12.7. The number of hydrogen-bond acceptors (Lipinski definition) is 7. The lowest BCUT2D eigenvalue weighted by Gasteiger charge is -2.15. The molecule has 9 heteroatoms. The fraction of sp³-hybridized carbons (Fsp3) is 0.240. The molecule has 0 fully saturated rings. The van der Waals surface area contributed by atoms with Crippen LogP contribution in [0.4, 0.5) is 9.52 Å². The number of aryl methyl sites for hydroxylation is 1. The fourth-order valence-electron chi connectivity index (χ4n) is 3.65. The molecule has 1 N–H and O–H groups in total.